The lowest BCUT2D eigenvalue weighted by molar-refractivity contribution is -0.384. The second kappa shape index (κ2) is 6.74. The minimum Gasteiger partial charge on any atom is -0.322 e. The Labute approximate surface area is 156 Å². The first-order chi connectivity index (χ1) is 12.3. The van der Waals surface area contributed by atoms with Crippen LogP contribution in [0.15, 0.2) is 36.4 Å². The number of halogens is 2. The van der Waals surface area contributed by atoms with Gasteiger partial charge in [-0.25, -0.2) is 0 Å². The minimum absolute atomic E-state index is 0.00387. The molecule has 3 amide bonds. The van der Waals surface area contributed by atoms with Crippen LogP contribution in [0.4, 0.5) is 11.4 Å². The third-order valence-electron chi connectivity index (χ3n) is 3.69. The highest BCUT2D eigenvalue weighted by molar-refractivity contribution is 6.39. The van der Waals surface area contributed by atoms with Gasteiger partial charge in [0.25, 0.3) is 17.5 Å². The zero-order valence-corrected chi connectivity index (χ0v) is 14.4. The van der Waals surface area contributed by atoms with Gasteiger partial charge in [0, 0.05) is 12.1 Å². The summed E-state index contributed by atoms with van der Waals surface area (Å²) in [5.41, 5.74) is -0.274. The van der Waals surface area contributed by atoms with Crippen LogP contribution < -0.4 is 5.32 Å². The Morgan fingerprint density at radius 1 is 1.08 bits per heavy atom. The molecule has 26 heavy (non-hydrogen) atoms. The molecule has 0 saturated heterocycles. The molecule has 0 fully saturated rings. The van der Waals surface area contributed by atoms with Gasteiger partial charge in [-0.05, 0) is 18.2 Å². The van der Waals surface area contributed by atoms with Crippen LogP contribution in [0.1, 0.15) is 20.7 Å². The number of imide groups is 1. The highest BCUT2D eigenvalue weighted by atomic mass is 35.5. The van der Waals surface area contributed by atoms with Gasteiger partial charge < -0.3 is 5.32 Å². The SMILES string of the molecule is O=C(CN1C(=O)c2ccc([N+](=O)[O-])cc2C1=O)Nc1c(Cl)cccc1Cl. The molecule has 132 valence electrons. The number of carbonyl (C=O) groups excluding carboxylic acids is 3. The van der Waals surface area contributed by atoms with Gasteiger partial charge in [-0.15, -0.1) is 0 Å². The first-order valence-corrected chi connectivity index (χ1v) is 7.93. The summed E-state index contributed by atoms with van der Waals surface area (Å²) in [6.07, 6.45) is 0. The fourth-order valence-corrected chi connectivity index (χ4v) is 2.97. The molecule has 0 unspecified atom stereocenters. The number of nitrogens with zero attached hydrogens (tertiary/aromatic N) is 2. The number of para-hydroxylation sites is 1. The maximum Gasteiger partial charge on any atom is 0.270 e. The number of carbonyl (C=O) groups is 3. The number of nitro groups is 1. The number of rotatable bonds is 4. The van der Waals surface area contributed by atoms with Crippen molar-refractivity contribution in [1.29, 1.82) is 0 Å². The summed E-state index contributed by atoms with van der Waals surface area (Å²) in [4.78, 5) is 47.7. The number of hydrogen-bond donors (Lipinski definition) is 1. The van der Waals surface area contributed by atoms with E-state index in [1.165, 1.54) is 18.2 Å². The minimum atomic E-state index is -0.783. The van der Waals surface area contributed by atoms with Crippen molar-refractivity contribution in [3.63, 3.8) is 0 Å². The van der Waals surface area contributed by atoms with Gasteiger partial charge >= 0.3 is 0 Å². The molecule has 8 nitrogen and oxygen atoms in total. The Bertz CT molecular complexity index is 956. The van der Waals surface area contributed by atoms with Crippen LogP contribution in [0, 0.1) is 10.1 Å². The Kier molecular flexibility index (Phi) is 4.62. The Morgan fingerprint density at radius 3 is 2.31 bits per heavy atom. The Balaban J connectivity index is 1.80. The summed E-state index contributed by atoms with van der Waals surface area (Å²) in [6, 6.07) is 7.96. The van der Waals surface area contributed by atoms with E-state index in [-0.39, 0.29) is 32.5 Å². The van der Waals surface area contributed by atoms with Crippen LogP contribution in [-0.2, 0) is 4.79 Å². The summed E-state index contributed by atoms with van der Waals surface area (Å²) in [5, 5.41) is 13.7. The van der Waals surface area contributed by atoms with Crippen molar-refractivity contribution in [2.45, 2.75) is 0 Å². The van der Waals surface area contributed by atoms with E-state index >= 15 is 0 Å². The summed E-state index contributed by atoms with van der Waals surface area (Å²) in [7, 11) is 0. The normalized spacial score (nSPS) is 12.9. The molecular weight excluding hydrogens is 385 g/mol. The Morgan fingerprint density at radius 2 is 1.69 bits per heavy atom. The molecule has 1 heterocycles. The summed E-state index contributed by atoms with van der Waals surface area (Å²) in [5.74, 6) is -2.18. The van der Waals surface area contributed by atoms with E-state index in [4.69, 9.17) is 23.2 Å². The largest absolute Gasteiger partial charge is 0.322 e. The molecule has 1 aliphatic rings. The molecular formula is C16H9Cl2N3O5. The average Bonchev–Trinajstić information content (AvgIpc) is 2.83. The van der Waals surface area contributed by atoms with E-state index < -0.39 is 29.2 Å². The smallest absolute Gasteiger partial charge is 0.270 e. The van der Waals surface area contributed by atoms with Gasteiger partial charge in [0.05, 0.1) is 31.8 Å². The molecule has 2 aromatic carbocycles. The van der Waals surface area contributed by atoms with Gasteiger partial charge in [-0.2, -0.15) is 0 Å². The molecule has 2 aromatic rings. The fourth-order valence-electron chi connectivity index (χ4n) is 2.48. The third-order valence-corrected chi connectivity index (χ3v) is 4.32. The third kappa shape index (κ3) is 3.12. The van der Waals surface area contributed by atoms with Crippen LogP contribution in [0.5, 0.6) is 0 Å². The van der Waals surface area contributed by atoms with Crippen molar-refractivity contribution >= 4 is 52.3 Å². The Hall–Kier alpha value is -2.97. The standard InChI is InChI=1S/C16H9Cl2N3O5/c17-11-2-1-3-12(18)14(11)19-13(22)7-20-15(23)9-5-4-8(21(25)26)6-10(9)16(20)24/h1-6H,7H2,(H,19,22). The molecule has 10 heteroatoms. The number of nitro benzene ring substituents is 1. The highest BCUT2D eigenvalue weighted by Gasteiger charge is 2.37. The number of fused-ring (bicyclic) bond motifs is 1. The topological polar surface area (TPSA) is 110 Å². The van der Waals surface area contributed by atoms with E-state index in [0.717, 1.165) is 12.1 Å². The van der Waals surface area contributed by atoms with Gasteiger partial charge in [-0.1, -0.05) is 29.3 Å². The van der Waals surface area contributed by atoms with Gasteiger partial charge in [0.2, 0.25) is 5.91 Å². The monoisotopic (exact) mass is 393 g/mol. The zero-order chi connectivity index (χ0) is 19.0. The van der Waals surface area contributed by atoms with Crippen LogP contribution in [0.2, 0.25) is 10.0 Å². The quantitative estimate of drug-likeness (QED) is 0.487. The van der Waals surface area contributed by atoms with Crippen LogP contribution in [0.3, 0.4) is 0 Å². The van der Waals surface area contributed by atoms with Crippen molar-refractivity contribution in [3.05, 3.63) is 67.7 Å². The summed E-state index contributed by atoms with van der Waals surface area (Å²) in [6.45, 7) is -0.582. The second-order valence-electron chi connectivity index (χ2n) is 5.33. The molecule has 0 aromatic heterocycles. The number of anilines is 1. The van der Waals surface area contributed by atoms with Crippen molar-refractivity contribution in [1.82, 2.24) is 4.90 Å². The number of nitrogens with one attached hydrogen (secondary N) is 1. The van der Waals surface area contributed by atoms with Crippen molar-refractivity contribution in [3.8, 4) is 0 Å². The molecule has 1 aliphatic heterocycles. The molecule has 0 radical (unpaired) electrons. The van der Waals surface area contributed by atoms with Crippen molar-refractivity contribution in [2.75, 3.05) is 11.9 Å². The predicted octanol–water partition coefficient (Wildman–Crippen LogP) is 3.14. The van der Waals surface area contributed by atoms with Gasteiger partial charge in [-0.3, -0.25) is 29.4 Å². The lowest BCUT2D eigenvalue weighted by atomic mass is 10.1. The number of non-ortho nitro benzene ring substituents is 1. The summed E-state index contributed by atoms with van der Waals surface area (Å²) < 4.78 is 0. The first-order valence-electron chi connectivity index (χ1n) is 7.18. The van der Waals surface area contributed by atoms with Crippen LogP contribution in [-0.4, -0.2) is 34.1 Å². The van der Waals surface area contributed by atoms with Crippen molar-refractivity contribution < 1.29 is 19.3 Å². The fraction of sp³-hybridized carbons (Fsp3) is 0.0625. The van der Waals surface area contributed by atoms with Gasteiger partial charge in [0.15, 0.2) is 0 Å². The number of amides is 3. The van der Waals surface area contributed by atoms with Gasteiger partial charge in [0.1, 0.15) is 6.54 Å². The molecule has 3 rings (SSSR count). The molecule has 0 aliphatic carbocycles. The molecule has 0 spiro atoms. The molecule has 1 N–H and O–H groups in total. The van der Waals surface area contributed by atoms with Crippen LogP contribution in [0.25, 0.3) is 0 Å². The van der Waals surface area contributed by atoms with E-state index in [0.29, 0.717) is 4.90 Å². The number of hydrogen-bond acceptors (Lipinski definition) is 5. The van der Waals surface area contributed by atoms with E-state index in [2.05, 4.69) is 5.32 Å². The molecule has 0 atom stereocenters. The first kappa shape index (κ1) is 17.8. The molecule has 0 bridgehead atoms. The van der Waals surface area contributed by atoms with E-state index in [1.54, 1.807) is 6.07 Å². The highest BCUT2D eigenvalue weighted by Crippen LogP contribution is 2.30. The lowest BCUT2D eigenvalue weighted by Crippen LogP contribution is -2.37. The maximum absolute atomic E-state index is 12.4. The van der Waals surface area contributed by atoms with E-state index in [9.17, 15) is 24.5 Å². The molecule has 0 saturated carbocycles. The maximum atomic E-state index is 12.4. The van der Waals surface area contributed by atoms with Crippen molar-refractivity contribution in [2.24, 2.45) is 0 Å². The predicted molar refractivity (Wildman–Crippen MR) is 93.6 cm³/mol. The average molecular weight is 394 g/mol. The van der Waals surface area contributed by atoms with E-state index in [1.807, 2.05) is 0 Å². The zero-order valence-electron chi connectivity index (χ0n) is 12.9. The van der Waals surface area contributed by atoms with Crippen LogP contribution >= 0.6 is 23.2 Å². The lowest BCUT2D eigenvalue weighted by Gasteiger charge is -2.14. The second-order valence-corrected chi connectivity index (χ2v) is 6.14. The summed E-state index contributed by atoms with van der Waals surface area (Å²) >= 11 is 11.9. The number of benzene rings is 2.